The Bertz CT molecular complexity index is 1060. The van der Waals surface area contributed by atoms with Crippen molar-refractivity contribution in [2.24, 2.45) is 0 Å². The molecule has 1 aromatic carbocycles. The third-order valence-corrected chi connectivity index (χ3v) is 8.42. The fraction of sp³-hybridized carbons (Fsp3) is 0.600. The Balaban J connectivity index is 1.30. The molecule has 33 heavy (non-hydrogen) atoms. The van der Waals surface area contributed by atoms with Crippen molar-refractivity contribution in [2.45, 2.75) is 81.2 Å². The zero-order valence-electron chi connectivity index (χ0n) is 18.5. The first-order valence-corrected chi connectivity index (χ1v) is 12.5. The van der Waals surface area contributed by atoms with E-state index in [9.17, 15) is 13.9 Å². The molecule has 5 aliphatic rings. The Labute approximate surface area is 197 Å². The van der Waals surface area contributed by atoms with Gasteiger partial charge in [-0.05, 0) is 80.7 Å². The molecule has 1 aliphatic heterocycles. The van der Waals surface area contributed by atoms with E-state index in [0.717, 1.165) is 63.1 Å². The van der Waals surface area contributed by atoms with Gasteiger partial charge in [0.2, 0.25) is 0 Å². The lowest BCUT2D eigenvalue weighted by Crippen LogP contribution is -2.55. The van der Waals surface area contributed by atoms with Crippen molar-refractivity contribution in [1.29, 1.82) is 0 Å². The number of alkyl halides is 2. The highest BCUT2D eigenvalue weighted by Crippen LogP contribution is 2.54. The van der Waals surface area contributed by atoms with Crippen LogP contribution in [-0.2, 0) is 0 Å². The van der Waals surface area contributed by atoms with Crippen molar-refractivity contribution < 1.29 is 13.9 Å². The molecule has 176 valence electrons. The number of likely N-dealkylation sites (tertiary alicyclic amines) is 1. The van der Waals surface area contributed by atoms with E-state index in [1.165, 1.54) is 11.1 Å². The average Bonchev–Trinajstić information content (AvgIpc) is 2.79. The standard InChI is InChI=1S/C25H29ClF2N4O/c26-16-7-8-19(20(33)10-16)23-21-14-3-5-15(6-4-14)22(21)24(31-30-23)29-17-2-1-9-32(13-17)18-11-25(27,28)12-18/h7-8,10,14-15,17-18,33H,1-6,9,11-13H2,(H,29,31)/t14?,15?,17-/m1/s1. The fourth-order valence-corrected chi connectivity index (χ4v) is 6.67. The molecule has 3 fully saturated rings. The van der Waals surface area contributed by atoms with Gasteiger partial charge in [-0.25, -0.2) is 8.78 Å². The summed E-state index contributed by atoms with van der Waals surface area (Å²) in [4.78, 5) is 2.23. The van der Waals surface area contributed by atoms with Crippen LogP contribution in [0.3, 0.4) is 0 Å². The number of hydrogen-bond donors (Lipinski definition) is 2. The van der Waals surface area contributed by atoms with Crippen molar-refractivity contribution in [3.8, 4) is 17.0 Å². The Hall–Kier alpha value is -1.99. The van der Waals surface area contributed by atoms with Gasteiger partial charge in [0.1, 0.15) is 11.4 Å². The highest BCUT2D eigenvalue weighted by atomic mass is 35.5. The van der Waals surface area contributed by atoms with Gasteiger partial charge >= 0.3 is 0 Å². The second kappa shape index (κ2) is 8.05. The number of phenols is 1. The van der Waals surface area contributed by atoms with E-state index in [-0.39, 0.29) is 30.7 Å². The zero-order valence-corrected chi connectivity index (χ0v) is 19.3. The fourth-order valence-electron chi connectivity index (χ4n) is 6.51. The third-order valence-electron chi connectivity index (χ3n) is 8.19. The Kier molecular flexibility index (Phi) is 5.25. The molecular formula is C25H29ClF2N4O. The molecule has 1 atom stereocenters. The number of rotatable bonds is 4. The van der Waals surface area contributed by atoms with Gasteiger partial charge < -0.3 is 10.4 Å². The molecule has 2 saturated carbocycles. The maximum absolute atomic E-state index is 13.4. The van der Waals surface area contributed by atoms with E-state index in [4.69, 9.17) is 11.6 Å². The van der Waals surface area contributed by atoms with Gasteiger partial charge in [-0.3, -0.25) is 4.90 Å². The van der Waals surface area contributed by atoms with Crippen LogP contribution in [0.25, 0.3) is 11.3 Å². The van der Waals surface area contributed by atoms with Gasteiger partial charge in [-0.15, -0.1) is 10.2 Å². The molecule has 0 unspecified atom stereocenters. The maximum Gasteiger partial charge on any atom is 0.251 e. The third kappa shape index (κ3) is 3.87. The Morgan fingerprint density at radius 2 is 1.76 bits per heavy atom. The molecule has 0 spiro atoms. The quantitative estimate of drug-likeness (QED) is 0.575. The maximum atomic E-state index is 13.4. The highest BCUT2D eigenvalue weighted by molar-refractivity contribution is 6.30. The highest BCUT2D eigenvalue weighted by Gasteiger charge is 2.48. The second-order valence-electron chi connectivity index (χ2n) is 10.3. The summed E-state index contributed by atoms with van der Waals surface area (Å²) >= 11 is 6.06. The molecule has 0 radical (unpaired) electrons. The Morgan fingerprint density at radius 3 is 2.45 bits per heavy atom. The molecule has 2 N–H and O–H groups in total. The van der Waals surface area contributed by atoms with Crippen LogP contribution in [0.1, 0.15) is 74.3 Å². The summed E-state index contributed by atoms with van der Waals surface area (Å²) in [7, 11) is 0. The van der Waals surface area contributed by atoms with Crippen LogP contribution < -0.4 is 5.32 Å². The molecule has 5 nitrogen and oxygen atoms in total. The van der Waals surface area contributed by atoms with Gasteiger partial charge in [0.05, 0.1) is 0 Å². The van der Waals surface area contributed by atoms with E-state index < -0.39 is 5.92 Å². The number of nitrogens with zero attached hydrogens (tertiary/aromatic N) is 3. The van der Waals surface area contributed by atoms with Crippen LogP contribution in [0.4, 0.5) is 14.6 Å². The first-order valence-electron chi connectivity index (χ1n) is 12.2. The number of fused-ring (bicyclic) bond motifs is 2. The van der Waals surface area contributed by atoms with Crippen LogP contribution in [0, 0.1) is 0 Å². The van der Waals surface area contributed by atoms with Crippen LogP contribution in [0.15, 0.2) is 18.2 Å². The molecule has 1 saturated heterocycles. The summed E-state index contributed by atoms with van der Waals surface area (Å²) in [6.45, 7) is 1.66. The summed E-state index contributed by atoms with van der Waals surface area (Å²) in [6.07, 6.45) is 6.54. The van der Waals surface area contributed by atoms with Crippen LogP contribution in [-0.4, -0.2) is 51.3 Å². The number of anilines is 1. The summed E-state index contributed by atoms with van der Waals surface area (Å²) < 4.78 is 26.8. The molecule has 4 aliphatic carbocycles. The first kappa shape index (κ1) is 21.5. The van der Waals surface area contributed by atoms with Gasteiger partial charge in [-0.2, -0.15) is 0 Å². The minimum Gasteiger partial charge on any atom is -0.507 e. The molecule has 2 aromatic rings. The smallest absolute Gasteiger partial charge is 0.251 e. The van der Waals surface area contributed by atoms with Crippen molar-refractivity contribution in [3.05, 3.63) is 34.3 Å². The van der Waals surface area contributed by atoms with Crippen LogP contribution in [0.5, 0.6) is 5.75 Å². The summed E-state index contributed by atoms with van der Waals surface area (Å²) in [5, 5.41) is 24.0. The minimum atomic E-state index is -2.49. The van der Waals surface area contributed by atoms with Crippen LogP contribution in [0.2, 0.25) is 5.02 Å². The normalized spacial score (nSPS) is 28.9. The predicted molar refractivity (Wildman–Crippen MR) is 124 cm³/mol. The number of hydrogen-bond acceptors (Lipinski definition) is 5. The number of benzene rings is 1. The molecular weight excluding hydrogens is 446 g/mol. The number of piperidine rings is 1. The molecule has 1 aromatic heterocycles. The first-order chi connectivity index (χ1) is 15.9. The number of phenolic OH excluding ortho intramolecular Hbond substituents is 1. The number of aromatic hydroxyl groups is 1. The van der Waals surface area contributed by atoms with Gasteiger partial charge in [-0.1, -0.05) is 11.6 Å². The molecule has 2 bridgehead atoms. The van der Waals surface area contributed by atoms with E-state index in [1.807, 2.05) is 6.07 Å². The monoisotopic (exact) mass is 474 g/mol. The van der Waals surface area contributed by atoms with Gasteiger partial charge in [0.25, 0.3) is 5.92 Å². The van der Waals surface area contributed by atoms with Gasteiger partial charge in [0, 0.05) is 47.6 Å². The van der Waals surface area contributed by atoms with Crippen LogP contribution >= 0.6 is 11.6 Å². The summed E-state index contributed by atoms with van der Waals surface area (Å²) in [5.41, 5.74) is 3.92. The average molecular weight is 475 g/mol. The SMILES string of the molecule is Oc1cc(Cl)ccc1-c1nnc(N[C@@H]2CCCN(C3CC(F)(F)C3)C2)c2c1C1CCC2CC1. The lowest BCUT2D eigenvalue weighted by molar-refractivity contribution is -0.127. The van der Waals surface area contributed by atoms with Crippen molar-refractivity contribution in [1.82, 2.24) is 15.1 Å². The van der Waals surface area contributed by atoms with Crippen molar-refractivity contribution in [3.63, 3.8) is 0 Å². The van der Waals surface area contributed by atoms with Crippen molar-refractivity contribution in [2.75, 3.05) is 18.4 Å². The number of nitrogens with one attached hydrogen (secondary N) is 1. The molecule has 0 amide bonds. The summed E-state index contributed by atoms with van der Waals surface area (Å²) in [5.74, 6) is -0.645. The second-order valence-corrected chi connectivity index (χ2v) is 10.8. The predicted octanol–water partition coefficient (Wildman–Crippen LogP) is 5.93. The van der Waals surface area contributed by atoms with E-state index in [0.29, 0.717) is 22.4 Å². The van der Waals surface area contributed by atoms with Gasteiger partial charge in [0.15, 0.2) is 5.82 Å². The Morgan fingerprint density at radius 1 is 1.03 bits per heavy atom. The molecule has 8 heteroatoms. The van der Waals surface area contributed by atoms with E-state index in [1.54, 1.807) is 12.1 Å². The summed E-state index contributed by atoms with van der Waals surface area (Å²) in [6, 6.07) is 5.33. The van der Waals surface area contributed by atoms with Crippen molar-refractivity contribution >= 4 is 17.4 Å². The van der Waals surface area contributed by atoms with E-state index >= 15 is 0 Å². The largest absolute Gasteiger partial charge is 0.507 e. The lowest BCUT2D eigenvalue weighted by Gasteiger charge is -2.46. The lowest BCUT2D eigenvalue weighted by atomic mass is 9.66. The molecule has 2 heterocycles. The molecule has 7 rings (SSSR count). The zero-order chi connectivity index (χ0) is 22.7. The topological polar surface area (TPSA) is 61.3 Å². The van der Waals surface area contributed by atoms with E-state index in [2.05, 4.69) is 20.4 Å². The minimum absolute atomic E-state index is 0.00383. The number of aromatic nitrogens is 2. The number of halogens is 3.